The van der Waals surface area contributed by atoms with Gasteiger partial charge in [-0.15, -0.1) is 11.3 Å². The van der Waals surface area contributed by atoms with E-state index in [0.29, 0.717) is 36.2 Å². The molecule has 0 bridgehead atoms. The quantitative estimate of drug-likeness (QED) is 0.539. The van der Waals surface area contributed by atoms with Gasteiger partial charge in [0.05, 0.1) is 12.0 Å². The smallest absolute Gasteiger partial charge is 0.264 e. The van der Waals surface area contributed by atoms with Crippen LogP contribution in [0.25, 0.3) is 10.7 Å². The fourth-order valence-corrected chi connectivity index (χ4v) is 3.33. The first-order chi connectivity index (χ1) is 13.6. The Labute approximate surface area is 167 Å². The van der Waals surface area contributed by atoms with Crippen LogP contribution >= 0.6 is 11.3 Å². The minimum atomic E-state index is -0.605. The molecule has 0 fully saturated rings. The highest BCUT2D eigenvalue weighted by Crippen LogP contribution is 2.23. The maximum Gasteiger partial charge on any atom is 0.264 e. The van der Waals surface area contributed by atoms with Crippen molar-refractivity contribution in [2.24, 2.45) is 0 Å². The van der Waals surface area contributed by atoms with Crippen LogP contribution in [0.2, 0.25) is 0 Å². The van der Waals surface area contributed by atoms with Gasteiger partial charge in [0.2, 0.25) is 11.7 Å². The van der Waals surface area contributed by atoms with Gasteiger partial charge in [0.15, 0.2) is 6.10 Å². The van der Waals surface area contributed by atoms with Crippen molar-refractivity contribution in [1.82, 2.24) is 15.0 Å². The molecule has 3 aromatic rings. The number of carbonyl (C=O) groups is 1. The Morgan fingerprint density at radius 3 is 2.75 bits per heavy atom. The second-order valence-corrected chi connectivity index (χ2v) is 6.98. The van der Waals surface area contributed by atoms with E-state index in [2.05, 4.69) is 10.1 Å². The number of rotatable bonds is 9. The van der Waals surface area contributed by atoms with Crippen LogP contribution in [0.3, 0.4) is 0 Å². The number of hydrogen-bond acceptors (Lipinski definition) is 7. The van der Waals surface area contributed by atoms with Crippen LogP contribution in [0.15, 0.2) is 46.3 Å². The van der Waals surface area contributed by atoms with E-state index in [1.807, 2.05) is 43.5 Å². The zero-order valence-electron chi connectivity index (χ0n) is 16.1. The number of methoxy groups -OCH3 is 1. The van der Waals surface area contributed by atoms with Crippen LogP contribution in [0.4, 0.5) is 0 Å². The van der Waals surface area contributed by atoms with Crippen LogP contribution in [-0.2, 0) is 11.3 Å². The summed E-state index contributed by atoms with van der Waals surface area (Å²) in [5, 5.41) is 5.95. The van der Waals surface area contributed by atoms with Gasteiger partial charge >= 0.3 is 0 Å². The molecule has 8 heteroatoms. The van der Waals surface area contributed by atoms with Crippen molar-refractivity contribution >= 4 is 17.2 Å². The molecule has 0 saturated heterocycles. The first kappa shape index (κ1) is 19.9. The van der Waals surface area contributed by atoms with E-state index in [-0.39, 0.29) is 12.5 Å². The van der Waals surface area contributed by atoms with Crippen LogP contribution in [0.1, 0.15) is 26.2 Å². The summed E-state index contributed by atoms with van der Waals surface area (Å²) >= 11 is 1.54. The highest BCUT2D eigenvalue weighted by molar-refractivity contribution is 7.13. The van der Waals surface area contributed by atoms with Crippen molar-refractivity contribution in [2.45, 2.75) is 32.9 Å². The van der Waals surface area contributed by atoms with Gasteiger partial charge in [-0.2, -0.15) is 4.98 Å². The van der Waals surface area contributed by atoms with Crippen LogP contribution < -0.4 is 9.47 Å². The summed E-state index contributed by atoms with van der Waals surface area (Å²) in [6.45, 7) is 4.57. The molecule has 0 N–H and O–H groups in total. The Bertz CT molecular complexity index is 895. The summed E-state index contributed by atoms with van der Waals surface area (Å²) in [7, 11) is 1.59. The summed E-state index contributed by atoms with van der Waals surface area (Å²) in [5.41, 5.74) is 0. The molecule has 148 valence electrons. The molecule has 2 aromatic heterocycles. The van der Waals surface area contributed by atoms with Crippen LogP contribution in [0, 0.1) is 0 Å². The van der Waals surface area contributed by atoms with E-state index >= 15 is 0 Å². The predicted octanol–water partition coefficient (Wildman–Crippen LogP) is 4.01. The lowest BCUT2D eigenvalue weighted by Gasteiger charge is -2.25. The van der Waals surface area contributed by atoms with Crippen molar-refractivity contribution in [2.75, 3.05) is 13.7 Å². The maximum absolute atomic E-state index is 13.0. The highest BCUT2D eigenvalue weighted by Gasteiger charge is 2.25. The normalized spacial score (nSPS) is 11.8. The Morgan fingerprint density at radius 1 is 1.25 bits per heavy atom. The zero-order chi connectivity index (χ0) is 19.9. The van der Waals surface area contributed by atoms with E-state index < -0.39 is 6.10 Å². The molecule has 1 atom stereocenters. The molecular formula is C20H23N3O4S. The molecule has 7 nitrogen and oxygen atoms in total. The number of likely N-dealkylation sites (N-methyl/N-ethyl adjacent to an activating group) is 1. The predicted molar refractivity (Wildman–Crippen MR) is 106 cm³/mol. The molecular weight excluding hydrogens is 378 g/mol. The Hall–Kier alpha value is -2.87. The third kappa shape index (κ3) is 4.69. The summed E-state index contributed by atoms with van der Waals surface area (Å²) in [5.74, 6) is 2.08. The number of thiophene rings is 1. The van der Waals surface area contributed by atoms with E-state index in [9.17, 15) is 4.79 Å². The summed E-state index contributed by atoms with van der Waals surface area (Å²) < 4.78 is 16.5. The molecule has 0 spiro atoms. The van der Waals surface area contributed by atoms with Crippen molar-refractivity contribution in [3.63, 3.8) is 0 Å². The van der Waals surface area contributed by atoms with Gasteiger partial charge in [-0.25, -0.2) is 0 Å². The SMILES string of the molecule is CCC(Oc1cccc(OC)c1)C(=O)N(CC)Cc1nc(-c2cccs2)no1. The molecule has 1 aromatic carbocycles. The van der Waals surface area contributed by atoms with Gasteiger partial charge < -0.3 is 18.9 Å². The van der Waals surface area contributed by atoms with Gasteiger partial charge in [-0.3, -0.25) is 4.79 Å². The van der Waals surface area contributed by atoms with Crippen molar-refractivity contribution < 1.29 is 18.8 Å². The first-order valence-corrected chi connectivity index (χ1v) is 9.98. The molecule has 0 aliphatic heterocycles. The van der Waals surface area contributed by atoms with Gasteiger partial charge in [-0.05, 0) is 36.9 Å². The number of amides is 1. The van der Waals surface area contributed by atoms with E-state index in [1.54, 1.807) is 24.1 Å². The standard InChI is InChI=1S/C20H23N3O4S/c1-4-16(26-15-9-6-8-14(12-15)25-3)20(24)23(5-2)13-18-21-19(22-27-18)17-10-7-11-28-17/h6-12,16H,4-5,13H2,1-3H3. The second-order valence-electron chi connectivity index (χ2n) is 6.04. The van der Waals surface area contributed by atoms with Crippen molar-refractivity contribution in [3.8, 4) is 22.2 Å². The van der Waals surface area contributed by atoms with Gasteiger partial charge in [0, 0.05) is 12.6 Å². The number of hydrogen-bond donors (Lipinski definition) is 0. The van der Waals surface area contributed by atoms with Crippen molar-refractivity contribution in [1.29, 1.82) is 0 Å². The number of ether oxygens (including phenoxy) is 2. The molecule has 0 aliphatic rings. The monoisotopic (exact) mass is 401 g/mol. The molecule has 3 rings (SSSR count). The lowest BCUT2D eigenvalue weighted by molar-refractivity contribution is -0.139. The number of benzene rings is 1. The Kier molecular flexibility index (Phi) is 6.65. The molecule has 0 saturated carbocycles. The van der Waals surface area contributed by atoms with Crippen molar-refractivity contribution in [3.05, 3.63) is 47.7 Å². The fourth-order valence-electron chi connectivity index (χ4n) is 2.68. The van der Waals surface area contributed by atoms with E-state index in [4.69, 9.17) is 14.0 Å². The van der Waals surface area contributed by atoms with E-state index in [0.717, 1.165) is 4.88 Å². The number of carbonyl (C=O) groups excluding carboxylic acids is 1. The summed E-state index contributed by atoms with van der Waals surface area (Å²) in [6.07, 6.45) is -0.0664. The lowest BCUT2D eigenvalue weighted by atomic mass is 10.2. The maximum atomic E-state index is 13.0. The third-order valence-electron chi connectivity index (χ3n) is 4.19. The van der Waals surface area contributed by atoms with Gasteiger partial charge in [0.1, 0.15) is 18.0 Å². The lowest BCUT2D eigenvalue weighted by Crippen LogP contribution is -2.41. The molecule has 1 amide bonds. The minimum Gasteiger partial charge on any atom is -0.497 e. The summed E-state index contributed by atoms with van der Waals surface area (Å²) in [6, 6.07) is 11.1. The first-order valence-electron chi connectivity index (χ1n) is 9.10. The second kappa shape index (κ2) is 9.36. The number of aromatic nitrogens is 2. The third-order valence-corrected chi connectivity index (χ3v) is 5.06. The van der Waals surface area contributed by atoms with Crippen LogP contribution in [0.5, 0.6) is 11.5 Å². The average molecular weight is 401 g/mol. The minimum absolute atomic E-state index is 0.122. The largest absolute Gasteiger partial charge is 0.497 e. The molecule has 28 heavy (non-hydrogen) atoms. The molecule has 0 aliphatic carbocycles. The molecule has 2 heterocycles. The average Bonchev–Trinajstić information content (AvgIpc) is 3.41. The van der Waals surface area contributed by atoms with Crippen LogP contribution in [-0.4, -0.2) is 40.7 Å². The Morgan fingerprint density at radius 2 is 2.07 bits per heavy atom. The van der Waals surface area contributed by atoms with E-state index in [1.165, 1.54) is 11.3 Å². The fraction of sp³-hybridized carbons (Fsp3) is 0.350. The van der Waals surface area contributed by atoms with Gasteiger partial charge in [-0.1, -0.05) is 24.2 Å². The number of nitrogens with zero attached hydrogens (tertiary/aromatic N) is 3. The Balaban J connectivity index is 1.68. The molecule has 1 unspecified atom stereocenters. The molecule has 0 radical (unpaired) electrons. The van der Waals surface area contributed by atoms with Gasteiger partial charge in [0.25, 0.3) is 5.91 Å². The topological polar surface area (TPSA) is 77.7 Å². The zero-order valence-corrected chi connectivity index (χ0v) is 16.9. The summed E-state index contributed by atoms with van der Waals surface area (Å²) in [4.78, 5) is 20.0. The highest BCUT2D eigenvalue weighted by atomic mass is 32.1.